The van der Waals surface area contributed by atoms with Gasteiger partial charge in [0.1, 0.15) is 12.0 Å². The molecular formula is C11H15N5O2. The molecule has 0 aliphatic carbocycles. The molecule has 2 rings (SSSR count). The third kappa shape index (κ3) is 2.30. The lowest BCUT2D eigenvalue weighted by Gasteiger charge is -2.16. The normalized spacial score (nSPS) is 14.2. The molecule has 0 fully saturated rings. The summed E-state index contributed by atoms with van der Waals surface area (Å²) in [6.45, 7) is 3.79. The highest BCUT2D eigenvalue weighted by Gasteiger charge is 2.26. The maximum absolute atomic E-state index is 6.03. The van der Waals surface area contributed by atoms with Crippen molar-refractivity contribution in [1.29, 1.82) is 0 Å². The summed E-state index contributed by atoms with van der Waals surface area (Å²) in [5.74, 6) is 1.20. The topological polar surface area (TPSA) is 100.0 Å². The molecule has 1 atom stereocenters. The summed E-state index contributed by atoms with van der Waals surface area (Å²) >= 11 is 0. The fourth-order valence-corrected chi connectivity index (χ4v) is 1.28. The summed E-state index contributed by atoms with van der Waals surface area (Å²) in [6.07, 6.45) is 2.08. The Morgan fingerprint density at radius 2 is 2.22 bits per heavy atom. The molecule has 0 aromatic carbocycles. The van der Waals surface area contributed by atoms with Crippen LogP contribution in [0.5, 0.6) is 5.88 Å². The standard InChI is InChI=1S/C11H15N5O2/c1-4-11(2,12)10-15-9(16-18-10)7-5-8(17-3)14-6-13-7/h5-6H,4,12H2,1-3H3. The summed E-state index contributed by atoms with van der Waals surface area (Å²) in [7, 11) is 1.53. The van der Waals surface area contributed by atoms with Gasteiger partial charge in [-0.05, 0) is 13.3 Å². The van der Waals surface area contributed by atoms with E-state index in [4.69, 9.17) is 15.0 Å². The highest BCUT2D eigenvalue weighted by Crippen LogP contribution is 2.23. The number of hydrogen-bond donors (Lipinski definition) is 1. The lowest BCUT2D eigenvalue weighted by atomic mass is 10.0. The molecule has 7 heteroatoms. The van der Waals surface area contributed by atoms with Crippen LogP contribution in [0.3, 0.4) is 0 Å². The zero-order valence-electron chi connectivity index (χ0n) is 10.5. The SMILES string of the molecule is CCC(C)(N)c1nc(-c2cc(OC)ncn2)no1. The zero-order valence-corrected chi connectivity index (χ0v) is 10.5. The summed E-state index contributed by atoms with van der Waals surface area (Å²) in [5, 5.41) is 3.86. The Morgan fingerprint density at radius 1 is 1.44 bits per heavy atom. The van der Waals surface area contributed by atoms with E-state index in [0.29, 0.717) is 29.7 Å². The highest BCUT2D eigenvalue weighted by atomic mass is 16.5. The Morgan fingerprint density at radius 3 is 2.89 bits per heavy atom. The van der Waals surface area contributed by atoms with E-state index in [2.05, 4.69) is 20.1 Å². The Bertz CT molecular complexity index is 538. The third-order valence-corrected chi connectivity index (χ3v) is 2.73. The van der Waals surface area contributed by atoms with Crippen molar-refractivity contribution < 1.29 is 9.26 Å². The van der Waals surface area contributed by atoms with Gasteiger partial charge >= 0.3 is 0 Å². The van der Waals surface area contributed by atoms with Gasteiger partial charge in [0.05, 0.1) is 12.6 Å². The molecule has 7 nitrogen and oxygen atoms in total. The van der Waals surface area contributed by atoms with Crippen molar-refractivity contribution in [1.82, 2.24) is 20.1 Å². The van der Waals surface area contributed by atoms with Gasteiger partial charge in [-0.1, -0.05) is 12.1 Å². The quantitative estimate of drug-likeness (QED) is 0.866. The molecule has 0 bridgehead atoms. The predicted molar refractivity (Wildman–Crippen MR) is 63.7 cm³/mol. The minimum Gasteiger partial charge on any atom is -0.481 e. The summed E-state index contributed by atoms with van der Waals surface area (Å²) in [4.78, 5) is 12.2. The fraction of sp³-hybridized carbons (Fsp3) is 0.455. The Labute approximate surface area is 104 Å². The molecule has 0 saturated heterocycles. The maximum atomic E-state index is 6.03. The fourth-order valence-electron chi connectivity index (χ4n) is 1.28. The first kappa shape index (κ1) is 12.4. The van der Waals surface area contributed by atoms with Crippen molar-refractivity contribution in [2.24, 2.45) is 5.73 Å². The molecule has 0 radical (unpaired) electrons. The number of nitrogens with two attached hydrogens (primary N) is 1. The highest BCUT2D eigenvalue weighted by molar-refractivity contribution is 5.49. The first-order chi connectivity index (χ1) is 8.56. The second-order valence-electron chi connectivity index (χ2n) is 4.14. The van der Waals surface area contributed by atoms with Gasteiger partial charge in [0.15, 0.2) is 0 Å². The predicted octanol–water partition coefficient (Wildman–Crippen LogP) is 1.12. The van der Waals surface area contributed by atoms with Crippen LogP contribution < -0.4 is 10.5 Å². The van der Waals surface area contributed by atoms with Crippen LogP contribution in [0, 0.1) is 0 Å². The molecule has 96 valence electrons. The van der Waals surface area contributed by atoms with Crippen molar-refractivity contribution >= 4 is 0 Å². The second-order valence-corrected chi connectivity index (χ2v) is 4.14. The van der Waals surface area contributed by atoms with E-state index in [9.17, 15) is 0 Å². The molecule has 18 heavy (non-hydrogen) atoms. The van der Waals surface area contributed by atoms with Crippen LogP contribution in [0.4, 0.5) is 0 Å². The van der Waals surface area contributed by atoms with Crippen LogP contribution >= 0.6 is 0 Å². The summed E-state index contributed by atoms with van der Waals surface area (Å²) in [5.41, 5.74) is 5.93. The van der Waals surface area contributed by atoms with E-state index in [1.165, 1.54) is 13.4 Å². The number of rotatable bonds is 4. The van der Waals surface area contributed by atoms with E-state index in [-0.39, 0.29) is 0 Å². The third-order valence-electron chi connectivity index (χ3n) is 2.73. The van der Waals surface area contributed by atoms with Gasteiger partial charge in [0, 0.05) is 6.07 Å². The lowest BCUT2D eigenvalue weighted by molar-refractivity contribution is 0.291. The molecule has 2 aromatic heterocycles. The average Bonchev–Trinajstić information content (AvgIpc) is 2.89. The number of ether oxygens (including phenoxy) is 1. The van der Waals surface area contributed by atoms with E-state index in [1.807, 2.05) is 13.8 Å². The number of hydrogen-bond acceptors (Lipinski definition) is 7. The minimum atomic E-state index is -0.637. The lowest BCUT2D eigenvalue weighted by Crippen LogP contribution is -2.32. The molecule has 0 aliphatic rings. The van der Waals surface area contributed by atoms with Crippen molar-refractivity contribution in [3.63, 3.8) is 0 Å². The molecule has 0 amide bonds. The van der Waals surface area contributed by atoms with Crippen LogP contribution in [0.15, 0.2) is 16.9 Å². The number of nitrogens with zero attached hydrogens (tertiary/aromatic N) is 4. The minimum absolute atomic E-state index is 0.371. The number of methoxy groups -OCH3 is 1. The summed E-state index contributed by atoms with van der Waals surface area (Å²) in [6, 6.07) is 1.63. The molecule has 1 unspecified atom stereocenters. The molecule has 2 heterocycles. The first-order valence-electron chi connectivity index (χ1n) is 5.56. The average molecular weight is 249 g/mol. The molecule has 0 spiro atoms. The van der Waals surface area contributed by atoms with Gasteiger partial charge in [-0.2, -0.15) is 4.98 Å². The van der Waals surface area contributed by atoms with Crippen molar-refractivity contribution in [3.05, 3.63) is 18.3 Å². The van der Waals surface area contributed by atoms with Crippen molar-refractivity contribution in [2.45, 2.75) is 25.8 Å². The zero-order chi connectivity index (χ0) is 13.2. The van der Waals surface area contributed by atoms with Crippen LogP contribution in [0.1, 0.15) is 26.2 Å². The Balaban J connectivity index is 2.35. The van der Waals surface area contributed by atoms with E-state index < -0.39 is 5.54 Å². The Kier molecular flexibility index (Phi) is 3.24. The molecule has 2 aromatic rings. The van der Waals surface area contributed by atoms with Crippen molar-refractivity contribution in [3.8, 4) is 17.4 Å². The van der Waals surface area contributed by atoms with Gasteiger partial charge in [-0.3, -0.25) is 0 Å². The van der Waals surface area contributed by atoms with E-state index >= 15 is 0 Å². The summed E-state index contributed by atoms with van der Waals surface area (Å²) < 4.78 is 10.2. The van der Waals surface area contributed by atoms with E-state index in [1.54, 1.807) is 6.07 Å². The van der Waals surface area contributed by atoms with Gasteiger partial charge in [-0.25, -0.2) is 9.97 Å². The Hall–Kier alpha value is -2.02. The monoisotopic (exact) mass is 249 g/mol. The van der Waals surface area contributed by atoms with Gasteiger partial charge in [0.25, 0.3) is 0 Å². The maximum Gasteiger partial charge on any atom is 0.246 e. The largest absolute Gasteiger partial charge is 0.481 e. The van der Waals surface area contributed by atoms with Crippen LogP contribution in [0.25, 0.3) is 11.5 Å². The number of aromatic nitrogens is 4. The van der Waals surface area contributed by atoms with Gasteiger partial charge in [0.2, 0.25) is 17.6 Å². The molecular weight excluding hydrogens is 234 g/mol. The molecule has 0 saturated carbocycles. The van der Waals surface area contributed by atoms with Crippen LogP contribution in [0.2, 0.25) is 0 Å². The van der Waals surface area contributed by atoms with Crippen LogP contribution in [-0.2, 0) is 5.54 Å². The second kappa shape index (κ2) is 4.69. The molecule has 2 N–H and O–H groups in total. The van der Waals surface area contributed by atoms with Gasteiger partial charge in [-0.15, -0.1) is 0 Å². The van der Waals surface area contributed by atoms with E-state index in [0.717, 1.165) is 0 Å². The first-order valence-corrected chi connectivity index (χ1v) is 5.56. The smallest absolute Gasteiger partial charge is 0.246 e. The van der Waals surface area contributed by atoms with Gasteiger partial charge < -0.3 is 15.0 Å². The van der Waals surface area contributed by atoms with Crippen molar-refractivity contribution in [2.75, 3.05) is 7.11 Å². The van der Waals surface area contributed by atoms with Crippen LogP contribution in [-0.4, -0.2) is 27.2 Å². The molecule has 0 aliphatic heterocycles.